The predicted molar refractivity (Wildman–Crippen MR) is 102 cm³/mol. The Balaban J connectivity index is 1.89. The van der Waals surface area contributed by atoms with Gasteiger partial charge in [-0.1, -0.05) is 22.0 Å². The average Bonchev–Trinajstić information content (AvgIpc) is 2.62. The van der Waals surface area contributed by atoms with Crippen molar-refractivity contribution in [3.63, 3.8) is 0 Å². The van der Waals surface area contributed by atoms with Gasteiger partial charge in [-0.2, -0.15) is 0 Å². The number of halogens is 1. The summed E-state index contributed by atoms with van der Waals surface area (Å²) in [4.78, 5) is 24.0. The smallest absolute Gasteiger partial charge is 0.310 e. The molecule has 0 spiro atoms. The van der Waals surface area contributed by atoms with E-state index < -0.39 is 11.9 Å². The third kappa shape index (κ3) is 5.49. The molecule has 0 saturated carbocycles. The van der Waals surface area contributed by atoms with Gasteiger partial charge in [-0.25, -0.2) is 0 Å². The molecule has 138 valence electrons. The lowest BCUT2D eigenvalue weighted by Gasteiger charge is -2.11. The highest BCUT2D eigenvalue weighted by Crippen LogP contribution is 2.25. The van der Waals surface area contributed by atoms with Crippen LogP contribution in [-0.2, 0) is 20.7 Å². The number of rotatable bonds is 7. The molecule has 6 nitrogen and oxygen atoms in total. The van der Waals surface area contributed by atoms with Gasteiger partial charge in [0.1, 0.15) is 11.5 Å². The summed E-state index contributed by atoms with van der Waals surface area (Å²) in [6.45, 7) is 1.52. The van der Waals surface area contributed by atoms with Crippen molar-refractivity contribution in [3.8, 4) is 11.5 Å². The van der Waals surface area contributed by atoms with Crippen molar-refractivity contribution < 1.29 is 23.8 Å². The van der Waals surface area contributed by atoms with Gasteiger partial charge in [-0.3, -0.25) is 9.59 Å². The second kappa shape index (κ2) is 9.24. The lowest BCUT2D eigenvalue weighted by atomic mass is 10.1. The van der Waals surface area contributed by atoms with E-state index >= 15 is 0 Å². The normalized spacial score (nSPS) is 10.2. The summed E-state index contributed by atoms with van der Waals surface area (Å²) < 4.78 is 16.3. The molecule has 0 bridgehead atoms. The van der Waals surface area contributed by atoms with E-state index in [0.717, 1.165) is 10.0 Å². The Bertz CT molecular complexity index is 807. The van der Waals surface area contributed by atoms with E-state index in [1.165, 1.54) is 7.11 Å². The fraction of sp³-hybridized carbons (Fsp3) is 0.263. The molecule has 0 aliphatic rings. The molecular formula is C19H20BrNO5. The molecule has 0 saturated heterocycles. The largest absolute Gasteiger partial charge is 0.497 e. The molecule has 7 heteroatoms. The van der Waals surface area contributed by atoms with Gasteiger partial charge in [-0.15, -0.1) is 0 Å². The molecule has 0 atom stereocenters. The van der Waals surface area contributed by atoms with E-state index in [0.29, 0.717) is 22.7 Å². The van der Waals surface area contributed by atoms with Crippen LogP contribution in [0.1, 0.15) is 11.1 Å². The summed E-state index contributed by atoms with van der Waals surface area (Å²) in [5.74, 6) is 0.237. The molecule has 1 N–H and O–H groups in total. The Morgan fingerprint density at radius 2 is 1.85 bits per heavy atom. The van der Waals surface area contributed by atoms with Gasteiger partial charge >= 0.3 is 5.97 Å². The van der Waals surface area contributed by atoms with E-state index in [1.807, 2.05) is 19.1 Å². The van der Waals surface area contributed by atoms with Crippen molar-refractivity contribution in [3.05, 3.63) is 52.0 Å². The minimum Gasteiger partial charge on any atom is -0.497 e. The van der Waals surface area contributed by atoms with Crippen molar-refractivity contribution in [2.45, 2.75) is 13.3 Å². The topological polar surface area (TPSA) is 73.9 Å². The Morgan fingerprint density at radius 3 is 2.50 bits per heavy atom. The zero-order valence-electron chi connectivity index (χ0n) is 14.8. The number of hydrogen-bond donors (Lipinski definition) is 1. The number of hydrogen-bond acceptors (Lipinski definition) is 5. The van der Waals surface area contributed by atoms with E-state index in [1.54, 1.807) is 31.4 Å². The van der Waals surface area contributed by atoms with Crippen LogP contribution in [0.15, 0.2) is 40.9 Å². The van der Waals surface area contributed by atoms with Crippen molar-refractivity contribution in [2.24, 2.45) is 0 Å². The summed E-state index contributed by atoms with van der Waals surface area (Å²) in [5, 5.41) is 2.72. The van der Waals surface area contributed by atoms with Gasteiger partial charge in [0, 0.05) is 21.8 Å². The molecule has 0 unspecified atom stereocenters. The first-order chi connectivity index (χ1) is 12.4. The third-order valence-corrected chi connectivity index (χ3v) is 4.15. The van der Waals surface area contributed by atoms with Gasteiger partial charge in [0.25, 0.3) is 5.91 Å². The van der Waals surface area contributed by atoms with Gasteiger partial charge in [-0.05, 0) is 36.8 Å². The fourth-order valence-electron chi connectivity index (χ4n) is 2.30. The Hall–Kier alpha value is -2.54. The van der Waals surface area contributed by atoms with Gasteiger partial charge in [0.2, 0.25) is 0 Å². The molecule has 0 aliphatic carbocycles. The summed E-state index contributed by atoms with van der Waals surface area (Å²) in [7, 11) is 3.06. The van der Waals surface area contributed by atoms with Gasteiger partial charge in [0.15, 0.2) is 6.61 Å². The van der Waals surface area contributed by atoms with Crippen LogP contribution >= 0.6 is 15.9 Å². The number of carbonyl (C=O) groups is 2. The van der Waals surface area contributed by atoms with Crippen molar-refractivity contribution >= 4 is 33.5 Å². The maximum atomic E-state index is 12.0. The zero-order chi connectivity index (χ0) is 19.1. The molecule has 2 aromatic carbocycles. The number of anilines is 1. The van der Waals surface area contributed by atoms with Crippen molar-refractivity contribution in [2.75, 3.05) is 26.1 Å². The van der Waals surface area contributed by atoms with Crippen LogP contribution in [0, 0.1) is 6.92 Å². The first-order valence-electron chi connectivity index (χ1n) is 7.85. The second-order valence-corrected chi connectivity index (χ2v) is 6.44. The molecule has 1 amide bonds. The van der Waals surface area contributed by atoms with E-state index in [9.17, 15) is 9.59 Å². The number of aryl methyl sites for hydroxylation is 1. The molecule has 2 aromatic rings. The zero-order valence-corrected chi connectivity index (χ0v) is 16.4. The van der Waals surface area contributed by atoms with Gasteiger partial charge in [0.05, 0.1) is 20.6 Å². The Labute approximate surface area is 160 Å². The van der Waals surface area contributed by atoms with Crippen LogP contribution in [0.2, 0.25) is 0 Å². The van der Waals surface area contributed by atoms with Crippen LogP contribution < -0.4 is 14.8 Å². The van der Waals surface area contributed by atoms with Crippen LogP contribution in [0.4, 0.5) is 5.69 Å². The highest BCUT2D eigenvalue weighted by molar-refractivity contribution is 9.10. The highest BCUT2D eigenvalue weighted by atomic mass is 79.9. The Kier molecular flexibility index (Phi) is 7.03. The van der Waals surface area contributed by atoms with Crippen LogP contribution in [0.5, 0.6) is 11.5 Å². The molecule has 0 radical (unpaired) electrons. The molecular weight excluding hydrogens is 402 g/mol. The van der Waals surface area contributed by atoms with Crippen LogP contribution in [0.25, 0.3) is 0 Å². The van der Waals surface area contributed by atoms with Gasteiger partial charge < -0.3 is 19.5 Å². The fourth-order valence-corrected chi connectivity index (χ4v) is 2.78. The van der Waals surface area contributed by atoms with Crippen molar-refractivity contribution in [1.29, 1.82) is 0 Å². The summed E-state index contributed by atoms with van der Waals surface area (Å²) in [6.07, 6.45) is -0.00222. The lowest BCUT2D eigenvalue weighted by molar-refractivity contribution is -0.146. The number of esters is 1. The lowest BCUT2D eigenvalue weighted by Crippen LogP contribution is -2.22. The molecule has 0 aliphatic heterocycles. The van der Waals surface area contributed by atoms with Crippen LogP contribution in [0.3, 0.4) is 0 Å². The Morgan fingerprint density at radius 1 is 1.08 bits per heavy atom. The molecule has 2 rings (SSSR count). The highest BCUT2D eigenvalue weighted by Gasteiger charge is 2.13. The molecule has 0 aromatic heterocycles. The molecule has 0 heterocycles. The second-order valence-electron chi connectivity index (χ2n) is 5.52. The van der Waals surface area contributed by atoms with Crippen molar-refractivity contribution in [1.82, 2.24) is 0 Å². The SMILES string of the molecule is COc1ccc(CC(=O)OCC(=O)Nc2ccc(Br)cc2C)c(OC)c1. The number of methoxy groups -OCH3 is 2. The standard InChI is InChI=1S/C19H20BrNO5/c1-12-8-14(20)5-7-16(12)21-18(22)11-26-19(23)9-13-4-6-15(24-2)10-17(13)25-3/h4-8,10H,9,11H2,1-3H3,(H,21,22). The third-order valence-electron chi connectivity index (χ3n) is 3.66. The summed E-state index contributed by atoms with van der Waals surface area (Å²) in [6, 6.07) is 10.6. The first-order valence-corrected chi connectivity index (χ1v) is 8.64. The van der Waals surface area contributed by atoms with E-state index in [2.05, 4.69) is 21.2 Å². The number of nitrogens with one attached hydrogen (secondary N) is 1. The number of amides is 1. The quantitative estimate of drug-likeness (QED) is 0.692. The van der Waals surface area contributed by atoms with E-state index in [-0.39, 0.29) is 13.0 Å². The maximum absolute atomic E-state index is 12.0. The number of ether oxygens (including phenoxy) is 3. The number of benzene rings is 2. The maximum Gasteiger partial charge on any atom is 0.310 e. The summed E-state index contributed by atoms with van der Waals surface area (Å²) in [5.41, 5.74) is 2.23. The predicted octanol–water partition coefficient (Wildman–Crippen LogP) is 3.50. The molecule has 0 fully saturated rings. The minimum atomic E-state index is -0.517. The molecule has 26 heavy (non-hydrogen) atoms. The summed E-state index contributed by atoms with van der Waals surface area (Å²) >= 11 is 3.36. The number of carbonyl (C=O) groups excluding carboxylic acids is 2. The minimum absolute atomic E-state index is 0.00222. The van der Waals surface area contributed by atoms with E-state index in [4.69, 9.17) is 14.2 Å². The van der Waals surface area contributed by atoms with Crippen LogP contribution in [-0.4, -0.2) is 32.7 Å². The first kappa shape index (κ1) is 19.8. The average molecular weight is 422 g/mol. The monoisotopic (exact) mass is 421 g/mol.